The van der Waals surface area contributed by atoms with E-state index in [0.717, 1.165) is 11.3 Å². The Morgan fingerprint density at radius 1 is 1.21 bits per heavy atom. The average molecular weight is 349 g/mol. The first kappa shape index (κ1) is 18.4. The second-order valence-corrected chi connectivity index (χ2v) is 6.62. The van der Waals surface area contributed by atoms with Crippen molar-refractivity contribution >= 4 is 17.6 Å². The Bertz CT molecular complexity index is 666. The van der Waals surface area contributed by atoms with Gasteiger partial charge >= 0.3 is 6.03 Å². The average Bonchev–Trinajstić information content (AvgIpc) is 2.93. The molecule has 0 unspecified atom stereocenters. The van der Waals surface area contributed by atoms with Gasteiger partial charge in [-0.15, -0.1) is 0 Å². The molecule has 1 aromatic carbocycles. The smallest absolute Gasteiger partial charge is 0.317 e. The normalized spacial score (nSPS) is 12.2. The highest BCUT2D eigenvalue weighted by Gasteiger charge is 2.17. The SMILES string of the molecule is CN(Cc1cccn1C)C(=O)NC[C@@H](c1ccc(Cl)cc1)N(C)C. The lowest BCUT2D eigenvalue weighted by Gasteiger charge is -2.26. The molecular weight excluding hydrogens is 324 g/mol. The zero-order chi connectivity index (χ0) is 17.7. The maximum atomic E-state index is 12.4. The Labute approximate surface area is 148 Å². The molecule has 1 heterocycles. The van der Waals surface area contributed by atoms with Crippen LogP contribution in [0.25, 0.3) is 0 Å². The van der Waals surface area contributed by atoms with Gasteiger partial charge in [-0.25, -0.2) is 4.79 Å². The number of nitrogens with one attached hydrogen (secondary N) is 1. The fourth-order valence-corrected chi connectivity index (χ4v) is 2.70. The zero-order valence-electron chi connectivity index (χ0n) is 14.7. The topological polar surface area (TPSA) is 40.5 Å². The number of hydrogen-bond donors (Lipinski definition) is 1. The molecule has 0 aliphatic heterocycles. The molecule has 0 aliphatic carbocycles. The number of amides is 2. The molecule has 2 amide bonds. The Morgan fingerprint density at radius 2 is 1.88 bits per heavy atom. The Balaban J connectivity index is 1.94. The molecule has 1 atom stereocenters. The predicted molar refractivity (Wildman–Crippen MR) is 98.2 cm³/mol. The molecule has 0 spiro atoms. The molecule has 2 aromatic rings. The summed E-state index contributed by atoms with van der Waals surface area (Å²) in [6.45, 7) is 1.11. The number of hydrogen-bond acceptors (Lipinski definition) is 2. The summed E-state index contributed by atoms with van der Waals surface area (Å²) in [5, 5.41) is 3.72. The highest BCUT2D eigenvalue weighted by atomic mass is 35.5. The van der Waals surface area contributed by atoms with Crippen LogP contribution in [0.4, 0.5) is 4.79 Å². The number of rotatable bonds is 6. The van der Waals surface area contributed by atoms with Crippen molar-refractivity contribution in [2.45, 2.75) is 12.6 Å². The van der Waals surface area contributed by atoms with Crippen LogP contribution < -0.4 is 5.32 Å². The standard InChI is InChI=1S/C18H25ClN4O/c1-21(2)17(14-7-9-15(19)10-8-14)12-20-18(24)23(4)13-16-6-5-11-22(16)3/h5-11,17H,12-13H2,1-4H3,(H,20,24)/t17-/m0/s1. The van der Waals surface area contributed by atoms with Gasteiger partial charge in [-0.3, -0.25) is 0 Å². The van der Waals surface area contributed by atoms with E-state index in [0.29, 0.717) is 18.1 Å². The highest BCUT2D eigenvalue weighted by Crippen LogP contribution is 2.19. The number of halogens is 1. The van der Waals surface area contributed by atoms with Crippen LogP contribution in [0.15, 0.2) is 42.6 Å². The monoisotopic (exact) mass is 348 g/mol. The Morgan fingerprint density at radius 3 is 2.42 bits per heavy atom. The fraction of sp³-hybridized carbons (Fsp3) is 0.389. The number of nitrogens with zero attached hydrogens (tertiary/aromatic N) is 3. The van der Waals surface area contributed by atoms with Crippen LogP contribution in [-0.4, -0.2) is 48.1 Å². The zero-order valence-corrected chi connectivity index (χ0v) is 15.4. The van der Waals surface area contributed by atoms with Crippen LogP contribution >= 0.6 is 11.6 Å². The lowest BCUT2D eigenvalue weighted by atomic mass is 10.1. The highest BCUT2D eigenvalue weighted by molar-refractivity contribution is 6.30. The lowest BCUT2D eigenvalue weighted by Crippen LogP contribution is -2.41. The molecule has 130 valence electrons. The summed E-state index contributed by atoms with van der Waals surface area (Å²) in [4.78, 5) is 16.1. The number of urea groups is 1. The van der Waals surface area contributed by atoms with Crippen molar-refractivity contribution in [1.29, 1.82) is 0 Å². The van der Waals surface area contributed by atoms with E-state index in [4.69, 9.17) is 11.6 Å². The van der Waals surface area contributed by atoms with Gasteiger partial charge in [-0.2, -0.15) is 0 Å². The van der Waals surface area contributed by atoms with E-state index in [9.17, 15) is 4.79 Å². The van der Waals surface area contributed by atoms with Crippen molar-refractivity contribution in [1.82, 2.24) is 19.7 Å². The molecule has 0 aliphatic rings. The first-order chi connectivity index (χ1) is 11.4. The van der Waals surface area contributed by atoms with Crippen LogP contribution in [0, 0.1) is 0 Å². The summed E-state index contributed by atoms with van der Waals surface area (Å²) in [6, 6.07) is 11.7. The third kappa shape index (κ3) is 4.76. The fourth-order valence-electron chi connectivity index (χ4n) is 2.58. The van der Waals surface area contributed by atoms with E-state index in [1.165, 1.54) is 0 Å². The minimum Gasteiger partial charge on any atom is -0.353 e. The van der Waals surface area contributed by atoms with Crippen LogP contribution in [-0.2, 0) is 13.6 Å². The van der Waals surface area contributed by atoms with Gasteiger partial charge in [0.2, 0.25) is 0 Å². The molecule has 6 heteroatoms. The van der Waals surface area contributed by atoms with E-state index in [-0.39, 0.29) is 12.1 Å². The van der Waals surface area contributed by atoms with Gasteiger partial charge in [0, 0.05) is 37.6 Å². The first-order valence-corrected chi connectivity index (χ1v) is 8.27. The molecule has 0 saturated carbocycles. The van der Waals surface area contributed by atoms with Crippen LogP contribution in [0.1, 0.15) is 17.3 Å². The summed E-state index contributed by atoms with van der Waals surface area (Å²) in [6.07, 6.45) is 1.98. The van der Waals surface area contributed by atoms with Crippen molar-refractivity contribution in [3.63, 3.8) is 0 Å². The third-order valence-electron chi connectivity index (χ3n) is 4.12. The maximum absolute atomic E-state index is 12.4. The van der Waals surface area contributed by atoms with Gasteiger partial charge in [-0.05, 0) is 43.9 Å². The van der Waals surface area contributed by atoms with Gasteiger partial charge in [-0.1, -0.05) is 23.7 Å². The number of carbonyl (C=O) groups is 1. The molecular formula is C18H25ClN4O. The number of aryl methyl sites for hydroxylation is 1. The third-order valence-corrected chi connectivity index (χ3v) is 4.37. The predicted octanol–water partition coefficient (Wildman–Crippen LogP) is 3.12. The van der Waals surface area contributed by atoms with Gasteiger partial charge in [0.15, 0.2) is 0 Å². The molecule has 5 nitrogen and oxygen atoms in total. The molecule has 0 fully saturated rings. The maximum Gasteiger partial charge on any atom is 0.317 e. The molecule has 1 N–H and O–H groups in total. The minimum atomic E-state index is -0.0861. The lowest BCUT2D eigenvalue weighted by molar-refractivity contribution is 0.200. The number of likely N-dealkylation sites (N-methyl/N-ethyl adjacent to an activating group) is 1. The molecule has 1 aromatic heterocycles. The molecule has 0 bridgehead atoms. The van der Waals surface area contributed by atoms with Crippen LogP contribution in [0.3, 0.4) is 0 Å². The van der Waals surface area contributed by atoms with E-state index in [1.54, 1.807) is 11.9 Å². The number of aromatic nitrogens is 1. The largest absolute Gasteiger partial charge is 0.353 e. The molecule has 24 heavy (non-hydrogen) atoms. The summed E-state index contributed by atoms with van der Waals surface area (Å²) in [7, 11) is 7.78. The number of carbonyl (C=O) groups excluding carboxylic acids is 1. The second kappa shape index (κ2) is 8.22. The summed E-state index contributed by atoms with van der Waals surface area (Å²) in [5.74, 6) is 0. The van der Waals surface area contributed by atoms with E-state index >= 15 is 0 Å². The Kier molecular flexibility index (Phi) is 6.29. The Hall–Kier alpha value is -1.98. The molecule has 0 radical (unpaired) electrons. The van der Waals surface area contributed by atoms with Crippen molar-refractivity contribution in [2.24, 2.45) is 7.05 Å². The van der Waals surface area contributed by atoms with Crippen molar-refractivity contribution in [3.05, 3.63) is 58.9 Å². The van der Waals surface area contributed by atoms with Crippen molar-refractivity contribution in [2.75, 3.05) is 27.7 Å². The van der Waals surface area contributed by atoms with Crippen LogP contribution in [0.2, 0.25) is 5.02 Å². The summed E-state index contributed by atoms with van der Waals surface area (Å²) < 4.78 is 2.01. The quantitative estimate of drug-likeness (QED) is 0.871. The van der Waals surface area contributed by atoms with E-state index in [1.807, 2.05) is 68.3 Å². The van der Waals surface area contributed by atoms with E-state index in [2.05, 4.69) is 10.2 Å². The van der Waals surface area contributed by atoms with Gasteiger partial charge < -0.3 is 19.7 Å². The summed E-state index contributed by atoms with van der Waals surface area (Å²) in [5.41, 5.74) is 2.21. The minimum absolute atomic E-state index is 0.0861. The van der Waals surface area contributed by atoms with Crippen molar-refractivity contribution in [3.8, 4) is 0 Å². The van der Waals surface area contributed by atoms with Crippen molar-refractivity contribution < 1.29 is 4.79 Å². The first-order valence-electron chi connectivity index (χ1n) is 7.89. The molecule has 2 rings (SSSR count). The van der Waals surface area contributed by atoms with E-state index < -0.39 is 0 Å². The van der Waals surface area contributed by atoms with Gasteiger partial charge in [0.1, 0.15) is 0 Å². The number of benzene rings is 1. The van der Waals surface area contributed by atoms with Gasteiger partial charge in [0.05, 0.1) is 12.6 Å². The summed E-state index contributed by atoms with van der Waals surface area (Å²) >= 11 is 5.95. The second-order valence-electron chi connectivity index (χ2n) is 6.18. The van der Waals surface area contributed by atoms with Crippen LogP contribution in [0.5, 0.6) is 0 Å². The van der Waals surface area contributed by atoms with Gasteiger partial charge in [0.25, 0.3) is 0 Å². The molecule has 0 saturated heterocycles.